The van der Waals surface area contributed by atoms with Gasteiger partial charge in [-0.1, -0.05) is 201 Å². The molecule has 5 aromatic carbocycles. The van der Waals surface area contributed by atoms with Crippen molar-refractivity contribution in [1.29, 1.82) is 0 Å². The predicted octanol–water partition coefficient (Wildman–Crippen LogP) is 18.6. The van der Waals surface area contributed by atoms with Gasteiger partial charge in [0, 0.05) is 200 Å². The Morgan fingerprint density at radius 1 is 0.348 bits per heavy atom. The number of benzene rings is 5. The van der Waals surface area contributed by atoms with Crippen LogP contribution < -0.4 is 0 Å². The number of likely N-dealkylation sites (N-methyl/N-ethyl adjacent to an activating group) is 2. The number of nitrogens with zero attached hydrogens (tertiary/aromatic N) is 5. The van der Waals surface area contributed by atoms with E-state index in [2.05, 4.69) is 20.8 Å². The summed E-state index contributed by atoms with van der Waals surface area (Å²) in [7, 11) is 3.37. The molecule has 5 aromatic rings. The molecule has 23 nitrogen and oxygen atoms in total. The molecule has 13 rings (SSSR count). The standard InChI is InChI=1S/C23H27NO4.2C22H25NO4.C22H27NO3.C20H23NO3/c1-3-4-9-16(23(28)24-13-8-7-12-20(24)25)14-19-15(2)21(26)17-10-5-6-11-18(17)22(19)27;2*1-3-4-7-16(22(26)23-10-12-27-13-11-23)14-19-15(2)20(24)17-8-5-6-9-18(17)21(19)25;1-5-8-11-16(22(26)23(6-2)7-3)14-19-15(4)20(24)17-12-9-10-13-18(17)21(19)25;1-5-6-9-14(20(24)21(3)4)12-17-13(2)18(22)15-10-7-8-11-16(15)19(17)23/h5-6,10-11,14-15,19H,3-4,7-9,12-13H2,1-2H3;2*5-6,8-9,14H,3-4,7,10-13H2,1-2H3;9-10,12-14H,5-8,11H2,1-4H3;7-8,10-12H,5-6,9H2,1-4H3/b;16-14+;16-14-;;. The number of unbranched alkanes of at least 4 members (excludes halogenated alkanes) is 5. The Bertz CT molecular complexity index is 5470. The quantitative estimate of drug-likeness (QED) is 0.0441. The van der Waals surface area contributed by atoms with Gasteiger partial charge in [0.1, 0.15) is 0 Å². The van der Waals surface area contributed by atoms with Crippen LogP contribution in [0, 0.1) is 11.8 Å². The number of hydrogen-bond donors (Lipinski definition) is 0. The second-order valence-corrected chi connectivity index (χ2v) is 34.2. The lowest BCUT2D eigenvalue weighted by molar-refractivity contribution is -0.144. The molecular weight excluding hydrogens is 1670 g/mol. The molecule has 0 saturated carbocycles. The Hall–Kier alpha value is -12.6. The summed E-state index contributed by atoms with van der Waals surface area (Å²) < 4.78 is 10.7. The molecule has 3 aliphatic heterocycles. The minimum Gasteiger partial charge on any atom is -0.378 e. The molecule has 696 valence electrons. The Morgan fingerprint density at radius 3 is 0.932 bits per heavy atom. The van der Waals surface area contributed by atoms with E-state index in [1.165, 1.54) is 9.80 Å². The highest BCUT2D eigenvalue weighted by Crippen LogP contribution is 2.37. The SMILES string of the molecule is CCCC/C(=C/C1=C(C)C(=O)c2ccccc2C1=O)C(=O)N1CCOCC1.CCCC/C(=C\C1=C(C)C(=O)c2ccccc2C1=O)C(=O)N1CCOCC1.CCCCC(=CC1=C(C)C(=O)c2ccccc2C1=O)C(=O)N(C)C.CCCCC(=CC1=C(C)C(=O)c2ccccc2C1=O)C(=O)N(CC)CC.CCCCC(=CC1C(=O)c2ccccc2C(=O)C1C)C(=O)N1CCCCC1=O. The topological polar surface area (TPSA) is 308 Å². The number of carbonyl (C=O) groups excluding carboxylic acids is 16. The number of rotatable bonds is 27. The van der Waals surface area contributed by atoms with E-state index in [0.29, 0.717) is 239 Å². The molecule has 2 atom stereocenters. The van der Waals surface area contributed by atoms with E-state index in [1.807, 2.05) is 27.7 Å². The first-order valence-electron chi connectivity index (χ1n) is 46.7. The Labute approximate surface area is 776 Å². The maximum atomic E-state index is 13.1. The van der Waals surface area contributed by atoms with Crippen molar-refractivity contribution in [1.82, 2.24) is 24.5 Å². The van der Waals surface area contributed by atoms with Gasteiger partial charge in [-0.25, -0.2) is 0 Å². The van der Waals surface area contributed by atoms with Crippen LogP contribution in [-0.4, -0.2) is 204 Å². The number of morpholine rings is 2. The normalized spacial score (nSPS) is 17.8. The van der Waals surface area contributed by atoms with Crippen LogP contribution in [0.2, 0.25) is 0 Å². The van der Waals surface area contributed by atoms with Crippen molar-refractivity contribution in [2.24, 2.45) is 11.8 Å². The number of carbonyl (C=O) groups is 16. The number of hydrogen-bond acceptors (Lipinski definition) is 18. The first-order chi connectivity index (χ1) is 63.4. The number of imide groups is 1. The molecule has 0 N–H and O–H groups in total. The molecule has 0 bridgehead atoms. The van der Waals surface area contributed by atoms with E-state index in [1.54, 1.807) is 215 Å². The van der Waals surface area contributed by atoms with Crippen LogP contribution in [0.15, 0.2) is 224 Å². The fourth-order valence-corrected chi connectivity index (χ4v) is 16.8. The lowest BCUT2D eigenvalue weighted by Crippen LogP contribution is -2.41. The number of piperidine rings is 1. The van der Waals surface area contributed by atoms with Crippen molar-refractivity contribution in [2.75, 3.05) is 86.3 Å². The summed E-state index contributed by atoms with van der Waals surface area (Å²) in [6.45, 7) is 28.5. The van der Waals surface area contributed by atoms with Crippen molar-refractivity contribution in [3.63, 3.8) is 0 Å². The van der Waals surface area contributed by atoms with Crippen molar-refractivity contribution < 1.29 is 86.2 Å². The summed E-state index contributed by atoms with van der Waals surface area (Å²) in [5.74, 6) is -3.49. The minimum atomic E-state index is -0.668. The smallest absolute Gasteiger partial charge is 0.256 e. The fraction of sp³-hybridized carbons (Fsp3) is 0.413. The molecule has 8 aliphatic rings. The largest absolute Gasteiger partial charge is 0.378 e. The average molecular weight is 1800 g/mol. The van der Waals surface area contributed by atoms with Gasteiger partial charge in [0.25, 0.3) is 5.91 Å². The highest BCUT2D eigenvalue weighted by molar-refractivity contribution is 6.31. The van der Waals surface area contributed by atoms with E-state index in [-0.39, 0.29) is 93.3 Å². The van der Waals surface area contributed by atoms with E-state index >= 15 is 0 Å². The predicted molar refractivity (Wildman–Crippen MR) is 509 cm³/mol. The maximum Gasteiger partial charge on any atom is 0.256 e. The van der Waals surface area contributed by atoms with Crippen molar-refractivity contribution in [3.8, 4) is 0 Å². The summed E-state index contributed by atoms with van der Waals surface area (Å²) in [6.07, 6.45) is 22.0. The summed E-state index contributed by atoms with van der Waals surface area (Å²) in [4.78, 5) is 213. The van der Waals surface area contributed by atoms with Crippen LogP contribution in [0.5, 0.6) is 0 Å². The van der Waals surface area contributed by atoms with Crippen molar-refractivity contribution >= 4 is 93.3 Å². The molecule has 0 radical (unpaired) electrons. The molecule has 0 spiro atoms. The van der Waals surface area contributed by atoms with Crippen molar-refractivity contribution in [3.05, 3.63) is 280 Å². The maximum absolute atomic E-state index is 13.1. The second-order valence-electron chi connectivity index (χ2n) is 34.2. The van der Waals surface area contributed by atoms with Crippen LogP contribution in [0.4, 0.5) is 0 Å². The number of ether oxygens (including phenoxy) is 2. The first kappa shape index (κ1) is 103. The molecule has 132 heavy (non-hydrogen) atoms. The molecule has 3 heterocycles. The number of likely N-dealkylation sites (tertiary alicyclic amines) is 1. The summed E-state index contributed by atoms with van der Waals surface area (Å²) in [6, 6.07) is 34.3. The van der Waals surface area contributed by atoms with E-state index in [9.17, 15) is 76.7 Å². The van der Waals surface area contributed by atoms with Crippen LogP contribution in [0.3, 0.4) is 0 Å². The van der Waals surface area contributed by atoms with Gasteiger partial charge in [-0.2, -0.15) is 0 Å². The summed E-state index contributed by atoms with van der Waals surface area (Å²) >= 11 is 0. The zero-order valence-corrected chi connectivity index (χ0v) is 79.2. The zero-order chi connectivity index (χ0) is 96.2. The number of amides is 6. The molecule has 3 saturated heterocycles. The van der Waals surface area contributed by atoms with Crippen LogP contribution in [0.1, 0.15) is 302 Å². The number of fused-ring (bicyclic) bond motifs is 5. The highest BCUT2D eigenvalue weighted by atomic mass is 16.5. The van der Waals surface area contributed by atoms with Gasteiger partial charge in [-0.15, -0.1) is 0 Å². The van der Waals surface area contributed by atoms with E-state index in [0.717, 1.165) is 77.0 Å². The minimum absolute atomic E-state index is 0.0529. The van der Waals surface area contributed by atoms with E-state index in [4.69, 9.17) is 9.47 Å². The Balaban J connectivity index is 0.000000186. The summed E-state index contributed by atoms with van der Waals surface area (Å²) in [5, 5.41) is 0. The third kappa shape index (κ3) is 24.8. The third-order valence-corrected chi connectivity index (χ3v) is 25.0. The molecule has 2 unspecified atom stereocenters. The molecule has 6 amide bonds. The molecule has 23 heteroatoms. The number of allylic oxidation sites excluding steroid dienone is 13. The first-order valence-corrected chi connectivity index (χ1v) is 46.7. The lowest BCUT2D eigenvalue weighted by Gasteiger charge is -2.29. The van der Waals surface area contributed by atoms with Gasteiger partial charge in [0.05, 0.1) is 32.3 Å². The van der Waals surface area contributed by atoms with Gasteiger partial charge < -0.3 is 29.1 Å². The Morgan fingerprint density at radius 2 is 0.629 bits per heavy atom. The van der Waals surface area contributed by atoms with Crippen LogP contribution in [-0.2, 0) is 38.2 Å². The molecule has 3 fully saturated rings. The van der Waals surface area contributed by atoms with Gasteiger partial charge in [-0.3, -0.25) is 81.6 Å². The van der Waals surface area contributed by atoms with Crippen molar-refractivity contribution in [2.45, 2.75) is 199 Å². The molecular formula is C109H127N5O18. The van der Waals surface area contributed by atoms with Crippen LogP contribution >= 0.6 is 0 Å². The van der Waals surface area contributed by atoms with Gasteiger partial charge >= 0.3 is 0 Å². The van der Waals surface area contributed by atoms with Gasteiger partial charge in [0.2, 0.25) is 29.5 Å². The van der Waals surface area contributed by atoms with Crippen LogP contribution in [0.25, 0.3) is 0 Å². The lowest BCUT2D eigenvalue weighted by atomic mass is 9.74. The molecule has 0 aromatic heterocycles. The fourth-order valence-electron chi connectivity index (χ4n) is 16.8. The van der Waals surface area contributed by atoms with Gasteiger partial charge in [-0.05, 0) is 143 Å². The average Bonchev–Trinajstić information content (AvgIpc) is 0.792. The summed E-state index contributed by atoms with van der Waals surface area (Å²) in [5.41, 5.74) is 10.1. The third-order valence-electron chi connectivity index (χ3n) is 25.0. The second kappa shape index (κ2) is 49.6. The monoisotopic (exact) mass is 1790 g/mol. The zero-order valence-electron chi connectivity index (χ0n) is 79.2. The van der Waals surface area contributed by atoms with E-state index < -0.39 is 11.8 Å². The Kier molecular flexibility index (Phi) is 38.7. The highest BCUT2D eigenvalue weighted by Gasteiger charge is 2.41. The number of Topliss-reactive ketones (excluding diaryl/α,β-unsaturated/α-hetero) is 10. The number of ketones is 10. The van der Waals surface area contributed by atoms with Gasteiger partial charge in [0.15, 0.2) is 57.8 Å². The molecule has 5 aliphatic carbocycles.